The van der Waals surface area contributed by atoms with Gasteiger partial charge in [-0.05, 0) is 31.0 Å². The second-order valence-electron chi connectivity index (χ2n) is 5.90. The number of nitrogens with zero attached hydrogens (tertiary/aromatic N) is 2. The summed E-state index contributed by atoms with van der Waals surface area (Å²) in [7, 11) is 0. The first kappa shape index (κ1) is 17.9. The molecule has 1 fully saturated rings. The number of benzene rings is 1. The van der Waals surface area contributed by atoms with E-state index in [9.17, 15) is 22.8 Å². The van der Waals surface area contributed by atoms with Crippen molar-refractivity contribution in [2.24, 2.45) is 0 Å². The zero-order valence-corrected chi connectivity index (χ0v) is 13.7. The third kappa shape index (κ3) is 3.54. The van der Waals surface area contributed by atoms with Crippen LogP contribution in [0.5, 0.6) is 0 Å². The Kier molecular flexibility index (Phi) is 4.92. The van der Waals surface area contributed by atoms with Crippen molar-refractivity contribution in [3.63, 3.8) is 0 Å². The molecule has 2 heterocycles. The minimum atomic E-state index is -4.55. The molecule has 1 aromatic heterocycles. The molecule has 0 bridgehead atoms. The molecular weight excluding hydrogens is 347 g/mol. The molecule has 1 saturated heterocycles. The molecule has 0 saturated carbocycles. The van der Waals surface area contributed by atoms with Crippen LogP contribution in [-0.2, 0) is 6.18 Å². The van der Waals surface area contributed by atoms with E-state index < -0.39 is 23.8 Å². The number of likely N-dealkylation sites (tertiary alicyclic amines) is 1. The maximum absolute atomic E-state index is 13.1. The summed E-state index contributed by atoms with van der Waals surface area (Å²) < 4.78 is 39.4. The highest BCUT2D eigenvalue weighted by molar-refractivity contribution is 6.01. The third-order valence-electron chi connectivity index (χ3n) is 4.25. The molecule has 2 aromatic rings. The monoisotopic (exact) mass is 363 g/mol. The van der Waals surface area contributed by atoms with Crippen molar-refractivity contribution in [1.82, 2.24) is 9.88 Å². The number of alkyl halides is 3. The molecular formula is C18H16F3N3O2. The Balaban J connectivity index is 1.86. The van der Waals surface area contributed by atoms with Gasteiger partial charge in [-0.15, -0.1) is 0 Å². The van der Waals surface area contributed by atoms with E-state index in [-0.39, 0.29) is 16.9 Å². The lowest BCUT2D eigenvalue weighted by atomic mass is 10.1. The van der Waals surface area contributed by atoms with Gasteiger partial charge < -0.3 is 10.2 Å². The standard InChI is InChI=1S/C18H16F3N3O2/c19-18(20,21)14-7-3-9-22-16(14)23-15-8-4-10-24(15)17(26)13-6-2-1-5-12(13)11-25/h1-3,5-7,9,11,15H,4,8,10H2,(H,22,23). The molecule has 1 N–H and O–H groups in total. The number of amides is 1. The quantitative estimate of drug-likeness (QED) is 0.844. The Hall–Kier alpha value is -2.90. The second-order valence-corrected chi connectivity index (χ2v) is 5.90. The minimum Gasteiger partial charge on any atom is -0.349 e. The van der Waals surface area contributed by atoms with Crippen molar-refractivity contribution in [1.29, 1.82) is 0 Å². The van der Waals surface area contributed by atoms with Crippen LogP contribution >= 0.6 is 0 Å². The summed E-state index contributed by atoms with van der Waals surface area (Å²) in [6, 6.07) is 8.50. The second kappa shape index (κ2) is 7.15. The fourth-order valence-corrected chi connectivity index (χ4v) is 3.02. The van der Waals surface area contributed by atoms with E-state index in [2.05, 4.69) is 10.3 Å². The van der Waals surface area contributed by atoms with Gasteiger partial charge >= 0.3 is 6.18 Å². The number of halogens is 3. The van der Waals surface area contributed by atoms with E-state index >= 15 is 0 Å². The van der Waals surface area contributed by atoms with Gasteiger partial charge in [-0.25, -0.2) is 4.98 Å². The average Bonchev–Trinajstić information content (AvgIpc) is 3.08. The molecule has 1 unspecified atom stereocenters. The first-order valence-electron chi connectivity index (χ1n) is 8.05. The van der Waals surface area contributed by atoms with Crippen LogP contribution < -0.4 is 5.32 Å². The van der Waals surface area contributed by atoms with E-state index in [4.69, 9.17) is 0 Å². The largest absolute Gasteiger partial charge is 0.419 e. The van der Waals surface area contributed by atoms with E-state index in [1.54, 1.807) is 12.1 Å². The lowest BCUT2D eigenvalue weighted by molar-refractivity contribution is -0.137. The normalized spacial score (nSPS) is 17.2. The van der Waals surface area contributed by atoms with Crippen LogP contribution in [0.1, 0.15) is 39.1 Å². The number of rotatable bonds is 4. The highest BCUT2D eigenvalue weighted by Crippen LogP contribution is 2.34. The van der Waals surface area contributed by atoms with Gasteiger partial charge in [-0.2, -0.15) is 13.2 Å². The molecule has 1 aromatic carbocycles. The molecule has 5 nitrogen and oxygen atoms in total. The van der Waals surface area contributed by atoms with Gasteiger partial charge in [0.05, 0.1) is 11.1 Å². The molecule has 0 spiro atoms. The number of anilines is 1. The van der Waals surface area contributed by atoms with Crippen LogP contribution in [0.3, 0.4) is 0 Å². The average molecular weight is 363 g/mol. The molecule has 3 rings (SSSR count). The first-order chi connectivity index (χ1) is 12.4. The van der Waals surface area contributed by atoms with Crippen LogP contribution in [0.25, 0.3) is 0 Å². The number of aromatic nitrogens is 1. The topological polar surface area (TPSA) is 62.3 Å². The first-order valence-corrected chi connectivity index (χ1v) is 8.05. The summed E-state index contributed by atoms with van der Waals surface area (Å²) in [5, 5.41) is 2.74. The van der Waals surface area contributed by atoms with Crippen LogP contribution in [0, 0.1) is 0 Å². The summed E-state index contributed by atoms with van der Waals surface area (Å²) in [6.07, 6.45) is -2.19. The summed E-state index contributed by atoms with van der Waals surface area (Å²) >= 11 is 0. The predicted octanol–water partition coefficient (Wildman–Crippen LogP) is 3.59. The summed E-state index contributed by atoms with van der Waals surface area (Å²) in [5.41, 5.74) is -0.405. The van der Waals surface area contributed by atoms with E-state index in [1.165, 1.54) is 29.3 Å². The van der Waals surface area contributed by atoms with Gasteiger partial charge in [0, 0.05) is 18.3 Å². The van der Waals surface area contributed by atoms with E-state index in [0.29, 0.717) is 25.7 Å². The number of carbonyl (C=O) groups is 2. The van der Waals surface area contributed by atoms with Crippen molar-refractivity contribution < 1.29 is 22.8 Å². The van der Waals surface area contributed by atoms with Gasteiger partial charge in [0.2, 0.25) is 0 Å². The number of aldehydes is 1. The Morgan fingerprint density at radius 3 is 2.73 bits per heavy atom. The predicted molar refractivity (Wildman–Crippen MR) is 88.7 cm³/mol. The zero-order chi connectivity index (χ0) is 18.7. The fourth-order valence-electron chi connectivity index (χ4n) is 3.02. The van der Waals surface area contributed by atoms with Crippen LogP contribution in [0.2, 0.25) is 0 Å². The van der Waals surface area contributed by atoms with Crippen LogP contribution in [0.4, 0.5) is 19.0 Å². The Morgan fingerprint density at radius 1 is 1.23 bits per heavy atom. The van der Waals surface area contributed by atoms with Crippen molar-refractivity contribution in [2.45, 2.75) is 25.2 Å². The van der Waals surface area contributed by atoms with Crippen molar-refractivity contribution in [3.8, 4) is 0 Å². The molecule has 26 heavy (non-hydrogen) atoms. The molecule has 1 atom stereocenters. The Bertz CT molecular complexity index is 823. The summed E-state index contributed by atoms with van der Waals surface area (Å²) in [4.78, 5) is 29.2. The molecule has 0 aliphatic carbocycles. The maximum Gasteiger partial charge on any atom is 0.419 e. The third-order valence-corrected chi connectivity index (χ3v) is 4.25. The zero-order valence-electron chi connectivity index (χ0n) is 13.7. The Labute approximate surface area is 147 Å². The lowest BCUT2D eigenvalue weighted by Crippen LogP contribution is -2.41. The fraction of sp³-hybridized carbons (Fsp3) is 0.278. The number of carbonyl (C=O) groups excluding carboxylic acids is 2. The van der Waals surface area contributed by atoms with Gasteiger partial charge in [0.25, 0.3) is 5.91 Å². The van der Waals surface area contributed by atoms with E-state index in [0.717, 1.165) is 6.07 Å². The van der Waals surface area contributed by atoms with Crippen molar-refractivity contribution >= 4 is 18.0 Å². The van der Waals surface area contributed by atoms with E-state index in [1.807, 2.05) is 0 Å². The molecule has 1 aliphatic heterocycles. The minimum absolute atomic E-state index is 0.230. The number of pyridine rings is 1. The summed E-state index contributed by atoms with van der Waals surface area (Å²) in [5.74, 6) is -0.708. The number of hydrogen-bond donors (Lipinski definition) is 1. The summed E-state index contributed by atoms with van der Waals surface area (Å²) in [6.45, 7) is 0.387. The number of hydrogen-bond acceptors (Lipinski definition) is 4. The highest BCUT2D eigenvalue weighted by Gasteiger charge is 2.36. The van der Waals surface area contributed by atoms with Gasteiger partial charge in [0.15, 0.2) is 6.29 Å². The molecule has 1 aliphatic rings. The van der Waals surface area contributed by atoms with Crippen LogP contribution in [-0.4, -0.2) is 34.8 Å². The van der Waals surface area contributed by atoms with Gasteiger partial charge in [-0.1, -0.05) is 18.2 Å². The maximum atomic E-state index is 13.1. The highest BCUT2D eigenvalue weighted by atomic mass is 19.4. The smallest absolute Gasteiger partial charge is 0.349 e. The van der Waals surface area contributed by atoms with Gasteiger partial charge in [-0.3, -0.25) is 9.59 Å². The lowest BCUT2D eigenvalue weighted by Gasteiger charge is -2.27. The van der Waals surface area contributed by atoms with Crippen LogP contribution in [0.15, 0.2) is 42.6 Å². The molecule has 0 radical (unpaired) electrons. The molecule has 1 amide bonds. The molecule has 136 valence electrons. The molecule has 8 heteroatoms. The SMILES string of the molecule is O=Cc1ccccc1C(=O)N1CCCC1Nc1ncccc1C(F)(F)F. The Morgan fingerprint density at radius 2 is 2.00 bits per heavy atom. The van der Waals surface area contributed by atoms with Crippen molar-refractivity contribution in [3.05, 3.63) is 59.3 Å². The van der Waals surface area contributed by atoms with Gasteiger partial charge in [0.1, 0.15) is 12.0 Å². The number of nitrogens with one attached hydrogen (secondary N) is 1. The van der Waals surface area contributed by atoms with Crippen molar-refractivity contribution in [2.75, 3.05) is 11.9 Å².